The van der Waals surface area contributed by atoms with E-state index >= 15 is 0 Å². The Bertz CT molecular complexity index is 773. The maximum absolute atomic E-state index is 12.5. The van der Waals surface area contributed by atoms with Crippen LogP contribution in [0.5, 0.6) is 0 Å². The van der Waals surface area contributed by atoms with Gasteiger partial charge in [-0.15, -0.1) is 0 Å². The van der Waals surface area contributed by atoms with Crippen LogP contribution in [0.3, 0.4) is 0 Å². The van der Waals surface area contributed by atoms with E-state index in [1.165, 1.54) is 11.1 Å². The van der Waals surface area contributed by atoms with Gasteiger partial charge in [-0.2, -0.15) is 0 Å². The highest BCUT2D eigenvalue weighted by Gasteiger charge is 2.38. The number of allylic oxidation sites excluding steroid dienone is 1. The number of carbonyl (C=O) groups is 1. The lowest BCUT2D eigenvalue weighted by molar-refractivity contribution is 0.169. The summed E-state index contributed by atoms with van der Waals surface area (Å²) in [6.07, 6.45) is 12.0. The summed E-state index contributed by atoms with van der Waals surface area (Å²) in [6.45, 7) is 4.28. The Morgan fingerprint density at radius 1 is 1.32 bits per heavy atom. The summed E-state index contributed by atoms with van der Waals surface area (Å²) in [4.78, 5) is 18.5. The lowest BCUT2D eigenvalue weighted by Crippen LogP contribution is -2.48. The molecule has 5 heteroatoms. The lowest BCUT2D eigenvalue weighted by Gasteiger charge is -2.39. The van der Waals surface area contributed by atoms with Crippen molar-refractivity contribution in [2.75, 3.05) is 19.6 Å². The molecule has 1 spiro atoms. The van der Waals surface area contributed by atoms with Gasteiger partial charge in [0.25, 0.3) is 0 Å². The highest BCUT2D eigenvalue weighted by molar-refractivity contribution is 5.74. The number of hydrogen-bond acceptors (Lipinski definition) is 2. The summed E-state index contributed by atoms with van der Waals surface area (Å²) in [6, 6.07) is 8.86. The number of likely N-dealkylation sites (tertiary alicyclic amines) is 1. The standard InChI is InChI=1S/C20H24N4O/c1-16(24-13-10-21-15-24)14-22-19(25)23-11-8-20(9-12-23)7-6-17-4-2-3-5-18(17)20/h2-7,10,13,15-16H,8-9,11-12,14H2,1H3,(H,22,25)/t16-/m1/s1. The number of rotatable bonds is 3. The Morgan fingerprint density at radius 3 is 2.88 bits per heavy atom. The number of amides is 2. The van der Waals surface area contributed by atoms with E-state index in [4.69, 9.17) is 0 Å². The van der Waals surface area contributed by atoms with Gasteiger partial charge in [0.15, 0.2) is 0 Å². The van der Waals surface area contributed by atoms with Gasteiger partial charge in [-0.3, -0.25) is 0 Å². The van der Waals surface area contributed by atoms with E-state index < -0.39 is 0 Å². The molecule has 130 valence electrons. The van der Waals surface area contributed by atoms with Crippen molar-refractivity contribution in [1.29, 1.82) is 0 Å². The molecular formula is C20H24N4O. The summed E-state index contributed by atoms with van der Waals surface area (Å²) in [5.74, 6) is 0. The Kier molecular flexibility index (Phi) is 4.07. The molecule has 2 aromatic rings. The third-order valence-electron chi connectivity index (χ3n) is 5.60. The van der Waals surface area contributed by atoms with E-state index in [1.54, 1.807) is 12.5 Å². The number of nitrogens with one attached hydrogen (secondary N) is 1. The average Bonchev–Trinajstić information content (AvgIpc) is 3.30. The van der Waals surface area contributed by atoms with E-state index in [0.717, 1.165) is 25.9 Å². The zero-order valence-electron chi connectivity index (χ0n) is 14.6. The van der Waals surface area contributed by atoms with Crippen LogP contribution in [0.4, 0.5) is 4.79 Å². The molecule has 1 fully saturated rings. The molecule has 2 aliphatic rings. The maximum Gasteiger partial charge on any atom is 0.317 e. The summed E-state index contributed by atoms with van der Waals surface area (Å²) in [5.41, 5.74) is 2.87. The fourth-order valence-corrected chi connectivity index (χ4v) is 3.96. The highest BCUT2D eigenvalue weighted by Crippen LogP contribution is 2.43. The highest BCUT2D eigenvalue weighted by atomic mass is 16.2. The van der Waals surface area contributed by atoms with Crippen LogP contribution in [0.1, 0.15) is 36.9 Å². The minimum Gasteiger partial charge on any atom is -0.336 e. The Balaban J connectivity index is 1.33. The molecule has 1 aliphatic carbocycles. The van der Waals surface area contributed by atoms with Crippen LogP contribution in [0.25, 0.3) is 6.08 Å². The summed E-state index contributed by atoms with van der Waals surface area (Å²) in [5, 5.41) is 3.06. The van der Waals surface area contributed by atoms with Crippen molar-refractivity contribution in [3.8, 4) is 0 Å². The minimum atomic E-state index is 0.0390. The van der Waals surface area contributed by atoms with Crippen molar-refractivity contribution >= 4 is 12.1 Å². The third kappa shape index (κ3) is 2.95. The predicted molar refractivity (Wildman–Crippen MR) is 98.3 cm³/mol. The van der Waals surface area contributed by atoms with Gasteiger partial charge in [0.1, 0.15) is 0 Å². The van der Waals surface area contributed by atoms with Crippen molar-refractivity contribution in [3.05, 3.63) is 60.2 Å². The van der Waals surface area contributed by atoms with Gasteiger partial charge in [-0.25, -0.2) is 9.78 Å². The van der Waals surface area contributed by atoms with Crippen LogP contribution in [0.2, 0.25) is 0 Å². The molecule has 0 bridgehead atoms. The molecule has 1 aromatic heterocycles. The van der Waals surface area contributed by atoms with Crippen LogP contribution in [0.15, 0.2) is 49.1 Å². The molecule has 1 saturated heterocycles. The Labute approximate surface area is 148 Å². The topological polar surface area (TPSA) is 50.2 Å². The number of fused-ring (bicyclic) bond motifs is 2. The number of urea groups is 1. The van der Waals surface area contributed by atoms with E-state index in [1.807, 2.05) is 15.7 Å². The number of imidazole rings is 1. The summed E-state index contributed by atoms with van der Waals surface area (Å²) >= 11 is 0. The van der Waals surface area contributed by atoms with Crippen LogP contribution >= 0.6 is 0 Å². The summed E-state index contributed by atoms with van der Waals surface area (Å²) in [7, 11) is 0. The first-order valence-corrected chi connectivity index (χ1v) is 8.97. The molecule has 1 N–H and O–H groups in total. The Morgan fingerprint density at radius 2 is 2.12 bits per heavy atom. The molecule has 0 saturated carbocycles. The number of aromatic nitrogens is 2. The third-order valence-corrected chi connectivity index (χ3v) is 5.60. The fraction of sp³-hybridized carbons (Fsp3) is 0.400. The largest absolute Gasteiger partial charge is 0.336 e. The van der Waals surface area contributed by atoms with Gasteiger partial charge in [0.05, 0.1) is 6.33 Å². The zero-order valence-corrected chi connectivity index (χ0v) is 14.6. The average molecular weight is 336 g/mol. The van der Waals surface area contributed by atoms with Gasteiger partial charge in [0, 0.05) is 43.5 Å². The normalized spacial score (nSPS) is 19.0. The van der Waals surface area contributed by atoms with E-state index in [0.29, 0.717) is 6.54 Å². The Hall–Kier alpha value is -2.56. The molecule has 2 heterocycles. The molecule has 1 atom stereocenters. The van der Waals surface area contributed by atoms with E-state index in [9.17, 15) is 4.79 Å². The van der Waals surface area contributed by atoms with Gasteiger partial charge in [-0.1, -0.05) is 36.4 Å². The number of piperidine rings is 1. The van der Waals surface area contributed by atoms with Crippen LogP contribution in [-0.2, 0) is 5.41 Å². The molecule has 2 amide bonds. The van der Waals surface area contributed by atoms with Crippen LogP contribution < -0.4 is 5.32 Å². The van der Waals surface area contributed by atoms with E-state index in [-0.39, 0.29) is 17.5 Å². The molecule has 1 aliphatic heterocycles. The van der Waals surface area contributed by atoms with Crippen LogP contribution in [0, 0.1) is 0 Å². The number of nitrogens with zero attached hydrogens (tertiary/aromatic N) is 3. The fourth-order valence-electron chi connectivity index (χ4n) is 3.96. The number of benzene rings is 1. The second kappa shape index (κ2) is 6.39. The molecule has 0 radical (unpaired) electrons. The second-order valence-electron chi connectivity index (χ2n) is 7.11. The molecule has 25 heavy (non-hydrogen) atoms. The van der Waals surface area contributed by atoms with Crippen molar-refractivity contribution < 1.29 is 4.79 Å². The van der Waals surface area contributed by atoms with Crippen molar-refractivity contribution in [2.24, 2.45) is 0 Å². The van der Waals surface area contributed by atoms with Gasteiger partial charge >= 0.3 is 6.03 Å². The van der Waals surface area contributed by atoms with Crippen LogP contribution in [-0.4, -0.2) is 40.1 Å². The maximum atomic E-state index is 12.5. The first-order valence-electron chi connectivity index (χ1n) is 8.97. The lowest BCUT2D eigenvalue weighted by atomic mass is 9.74. The van der Waals surface area contributed by atoms with Crippen molar-refractivity contribution in [1.82, 2.24) is 19.8 Å². The first kappa shape index (κ1) is 15.9. The quantitative estimate of drug-likeness (QED) is 0.936. The number of hydrogen-bond donors (Lipinski definition) is 1. The van der Waals surface area contributed by atoms with Crippen molar-refractivity contribution in [2.45, 2.75) is 31.2 Å². The zero-order chi connectivity index (χ0) is 17.3. The van der Waals surface area contributed by atoms with Gasteiger partial charge in [-0.05, 0) is 30.9 Å². The smallest absolute Gasteiger partial charge is 0.317 e. The monoisotopic (exact) mass is 336 g/mol. The van der Waals surface area contributed by atoms with Crippen molar-refractivity contribution in [3.63, 3.8) is 0 Å². The molecule has 0 unspecified atom stereocenters. The van der Waals surface area contributed by atoms with E-state index in [2.05, 4.69) is 53.6 Å². The first-order chi connectivity index (χ1) is 12.2. The predicted octanol–water partition coefficient (Wildman–Crippen LogP) is 3.21. The second-order valence-corrected chi connectivity index (χ2v) is 7.11. The molecule has 4 rings (SSSR count). The molecular weight excluding hydrogens is 312 g/mol. The minimum absolute atomic E-state index is 0.0390. The van der Waals surface area contributed by atoms with Gasteiger partial charge < -0.3 is 14.8 Å². The molecule has 1 aromatic carbocycles. The SMILES string of the molecule is C[C@H](CNC(=O)N1CCC2(C=Cc3ccccc32)CC1)n1ccnc1. The molecule has 5 nitrogen and oxygen atoms in total. The number of carbonyl (C=O) groups excluding carboxylic acids is 1. The summed E-state index contributed by atoms with van der Waals surface area (Å²) < 4.78 is 2.01. The van der Waals surface area contributed by atoms with Gasteiger partial charge in [0.2, 0.25) is 0 Å².